The quantitative estimate of drug-likeness (QED) is 0.411. The highest BCUT2D eigenvalue weighted by molar-refractivity contribution is 7.92. The van der Waals surface area contributed by atoms with Gasteiger partial charge in [-0.2, -0.15) is 0 Å². The third-order valence-corrected chi connectivity index (χ3v) is 5.95. The molecule has 3 rings (SSSR count). The fourth-order valence-corrected chi connectivity index (χ4v) is 4.04. The molecule has 1 amide bonds. The van der Waals surface area contributed by atoms with Gasteiger partial charge in [-0.15, -0.1) is 0 Å². The first kappa shape index (κ1) is 23.6. The van der Waals surface area contributed by atoms with Gasteiger partial charge in [0.25, 0.3) is 15.9 Å². The molecule has 0 aliphatic carbocycles. The van der Waals surface area contributed by atoms with Gasteiger partial charge < -0.3 is 14.8 Å². The molecule has 3 aromatic carbocycles. The summed E-state index contributed by atoms with van der Waals surface area (Å²) in [4.78, 5) is 12.8. The van der Waals surface area contributed by atoms with E-state index in [0.717, 1.165) is 0 Å². The number of benzene rings is 3. The summed E-state index contributed by atoms with van der Waals surface area (Å²) in [5.41, 5.74) is 1.04. The summed E-state index contributed by atoms with van der Waals surface area (Å²) in [5.74, 6) is -0.00453. The van der Waals surface area contributed by atoms with E-state index in [0.29, 0.717) is 47.5 Å². The van der Waals surface area contributed by atoms with Gasteiger partial charge in [-0.25, -0.2) is 8.42 Å². The number of sulfonamides is 1. The molecule has 0 aliphatic rings. The topological polar surface area (TPSA) is 93.7 Å². The Morgan fingerprint density at radius 2 is 1.69 bits per heavy atom. The number of anilines is 2. The van der Waals surface area contributed by atoms with Crippen molar-refractivity contribution in [1.82, 2.24) is 0 Å². The number of carbonyl (C=O) groups excluding carboxylic acids is 1. The van der Waals surface area contributed by atoms with Crippen LogP contribution in [0.25, 0.3) is 0 Å². The monoisotopic (exact) mass is 474 g/mol. The predicted octanol–water partition coefficient (Wildman–Crippen LogP) is 4.81. The van der Waals surface area contributed by atoms with Crippen molar-refractivity contribution in [3.8, 4) is 5.75 Å². The normalized spacial score (nSPS) is 11.1. The number of carbonyl (C=O) groups is 1. The number of hydrogen-bond acceptors (Lipinski definition) is 5. The molecule has 0 unspecified atom stereocenters. The predicted molar refractivity (Wildman–Crippen MR) is 125 cm³/mol. The van der Waals surface area contributed by atoms with Crippen LogP contribution in [0.4, 0.5) is 11.4 Å². The van der Waals surface area contributed by atoms with Gasteiger partial charge in [-0.1, -0.05) is 29.8 Å². The van der Waals surface area contributed by atoms with Crippen LogP contribution < -0.4 is 14.8 Å². The molecule has 0 aromatic heterocycles. The smallest absolute Gasteiger partial charge is 0.261 e. The van der Waals surface area contributed by atoms with Crippen molar-refractivity contribution in [2.45, 2.75) is 11.8 Å². The molecule has 7 nitrogen and oxygen atoms in total. The number of rotatable bonds is 10. The van der Waals surface area contributed by atoms with E-state index in [-0.39, 0.29) is 4.90 Å². The Labute approximate surface area is 192 Å². The molecule has 0 bridgehead atoms. The zero-order chi connectivity index (χ0) is 23.0. The summed E-state index contributed by atoms with van der Waals surface area (Å²) >= 11 is 5.84. The highest BCUT2D eigenvalue weighted by atomic mass is 35.5. The maximum absolute atomic E-state index is 12.8. The van der Waals surface area contributed by atoms with Crippen molar-refractivity contribution in [2.75, 3.05) is 29.9 Å². The minimum Gasteiger partial charge on any atom is -0.490 e. The lowest BCUT2D eigenvalue weighted by Gasteiger charge is -2.13. The number of amides is 1. The molecular formula is C23H23ClN2O5S. The number of nitrogens with one attached hydrogen (secondary N) is 2. The zero-order valence-electron chi connectivity index (χ0n) is 17.4. The molecule has 0 fully saturated rings. The van der Waals surface area contributed by atoms with Crippen LogP contribution in [0.3, 0.4) is 0 Å². The lowest BCUT2D eigenvalue weighted by Crippen LogP contribution is -2.16. The van der Waals surface area contributed by atoms with Crippen LogP contribution in [0.15, 0.2) is 77.7 Å². The van der Waals surface area contributed by atoms with Gasteiger partial charge >= 0.3 is 0 Å². The third kappa shape index (κ3) is 6.46. The molecule has 0 atom stereocenters. The maximum atomic E-state index is 12.8. The van der Waals surface area contributed by atoms with Gasteiger partial charge in [0, 0.05) is 23.0 Å². The van der Waals surface area contributed by atoms with E-state index in [1.54, 1.807) is 60.7 Å². The number of para-hydroxylation sites is 1. The third-order valence-electron chi connectivity index (χ3n) is 4.32. The van der Waals surface area contributed by atoms with Crippen molar-refractivity contribution in [2.24, 2.45) is 0 Å². The molecule has 168 valence electrons. The number of ether oxygens (including phenoxy) is 2. The standard InChI is InChI=1S/C23H23ClN2O5S/c1-2-30-14-15-31-22-9-4-3-8-21(22)23(27)25-19-6-5-7-20(16-19)32(28,29)26-18-12-10-17(24)11-13-18/h3-13,16,26H,2,14-15H2,1H3,(H,25,27). The Kier molecular flexibility index (Phi) is 8.10. The Morgan fingerprint density at radius 3 is 2.44 bits per heavy atom. The molecule has 0 saturated heterocycles. The average Bonchev–Trinajstić information content (AvgIpc) is 2.78. The summed E-state index contributed by atoms with van der Waals surface area (Å²) in [5, 5.41) is 3.22. The highest BCUT2D eigenvalue weighted by Crippen LogP contribution is 2.23. The molecule has 3 aromatic rings. The van der Waals surface area contributed by atoms with Gasteiger partial charge in [0.2, 0.25) is 0 Å². The molecule has 0 saturated carbocycles. The van der Waals surface area contributed by atoms with Gasteiger partial charge in [0.05, 0.1) is 17.1 Å². The first-order chi connectivity index (χ1) is 15.4. The summed E-state index contributed by atoms with van der Waals surface area (Å²) < 4.78 is 38.8. The van der Waals surface area contributed by atoms with Crippen LogP contribution in [0.1, 0.15) is 17.3 Å². The largest absolute Gasteiger partial charge is 0.490 e. The zero-order valence-corrected chi connectivity index (χ0v) is 18.9. The molecule has 32 heavy (non-hydrogen) atoms. The number of halogens is 1. The maximum Gasteiger partial charge on any atom is 0.261 e. The fourth-order valence-electron chi connectivity index (χ4n) is 2.81. The lowest BCUT2D eigenvalue weighted by molar-refractivity contribution is 0.0998. The van der Waals surface area contributed by atoms with Crippen molar-refractivity contribution in [1.29, 1.82) is 0 Å². The molecule has 0 spiro atoms. The van der Waals surface area contributed by atoms with Gasteiger partial charge in [-0.3, -0.25) is 9.52 Å². The first-order valence-corrected chi connectivity index (χ1v) is 11.7. The SMILES string of the molecule is CCOCCOc1ccccc1C(=O)Nc1cccc(S(=O)(=O)Nc2ccc(Cl)cc2)c1. The van der Waals surface area contributed by atoms with Crippen molar-refractivity contribution >= 4 is 38.9 Å². The second-order valence-corrected chi connectivity index (χ2v) is 8.75. The van der Waals surface area contributed by atoms with E-state index in [2.05, 4.69) is 10.0 Å². The molecule has 0 aliphatic heterocycles. The Hall–Kier alpha value is -3.07. The summed E-state index contributed by atoms with van der Waals surface area (Å²) in [6.45, 7) is 3.19. The van der Waals surface area contributed by atoms with E-state index >= 15 is 0 Å². The van der Waals surface area contributed by atoms with E-state index in [1.807, 2.05) is 6.92 Å². The van der Waals surface area contributed by atoms with Crippen molar-refractivity contribution < 1.29 is 22.7 Å². The van der Waals surface area contributed by atoms with Crippen LogP contribution in [0.5, 0.6) is 5.75 Å². The van der Waals surface area contributed by atoms with Crippen LogP contribution in [0, 0.1) is 0 Å². The van der Waals surface area contributed by atoms with Crippen LogP contribution >= 0.6 is 11.6 Å². The molecule has 9 heteroatoms. The Balaban J connectivity index is 1.73. The molecule has 2 N–H and O–H groups in total. The summed E-state index contributed by atoms with van der Waals surface area (Å²) in [7, 11) is -3.86. The van der Waals surface area contributed by atoms with Gasteiger partial charge in [0.1, 0.15) is 12.4 Å². The molecular weight excluding hydrogens is 452 g/mol. The van der Waals surface area contributed by atoms with E-state index in [1.165, 1.54) is 12.1 Å². The minimum absolute atomic E-state index is 0.00602. The second kappa shape index (κ2) is 11.0. The molecule has 0 heterocycles. The van der Waals surface area contributed by atoms with E-state index < -0.39 is 15.9 Å². The Bertz CT molecular complexity index is 1170. The lowest BCUT2D eigenvalue weighted by atomic mass is 10.2. The summed E-state index contributed by atoms with van der Waals surface area (Å²) in [6.07, 6.45) is 0. The first-order valence-electron chi connectivity index (χ1n) is 9.88. The Morgan fingerprint density at radius 1 is 0.938 bits per heavy atom. The molecule has 0 radical (unpaired) electrons. The van der Waals surface area contributed by atoms with Gasteiger partial charge in [-0.05, 0) is 61.5 Å². The van der Waals surface area contributed by atoms with Crippen LogP contribution in [0.2, 0.25) is 5.02 Å². The van der Waals surface area contributed by atoms with Crippen molar-refractivity contribution in [3.63, 3.8) is 0 Å². The van der Waals surface area contributed by atoms with E-state index in [4.69, 9.17) is 21.1 Å². The van der Waals surface area contributed by atoms with E-state index in [9.17, 15) is 13.2 Å². The second-order valence-electron chi connectivity index (χ2n) is 6.64. The minimum atomic E-state index is -3.86. The highest BCUT2D eigenvalue weighted by Gasteiger charge is 2.17. The fraction of sp³-hybridized carbons (Fsp3) is 0.174. The van der Waals surface area contributed by atoms with Crippen LogP contribution in [-0.2, 0) is 14.8 Å². The van der Waals surface area contributed by atoms with Crippen molar-refractivity contribution in [3.05, 3.63) is 83.4 Å². The van der Waals surface area contributed by atoms with Crippen LogP contribution in [-0.4, -0.2) is 34.1 Å². The average molecular weight is 475 g/mol. The summed E-state index contributed by atoms with van der Waals surface area (Å²) in [6, 6.07) is 19.1. The number of hydrogen-bond donors (Lipinski definition) is 2. The van der Waals surface area contributed by atoms with Gasteiger partial charge in [0.15, 0.2) is 0 Å².